The lowest BCUT2D eigenvalue weighted by molar-refractivity contribution is 0.0295. The van der Waals surface area contributed by atoms with E-state index in [2.05, 4.69) is 0 Å². The number of ether oxygens (including phenoxy) is 1. The third-order valence-electron chi connectivity index (χ3n) is 3.70. The van der Waals surface area contributed by atoms with Crippen molar-refractivity contribution in [2.24, 2.45) is 0 Å². The molecule has 0 aromatic carbocycles. The zero-order valence-corrected chi connectivity index (χ0v) is 15.7. The predicted molar refractivity (Wildman–Crippen MR) is 90.7 cm³/mol. The quantitative estimate of drug-likeness (QED) is 0.865. The number of aryl methyl sites for hydroxylation is 1. The van der Waals surface area contributed by atoms with Crippen LogP contribution in [0.4, 0.5) is 4.79 Å². The maximum atomic E-state index is 12.4. The third-order valence-corrected chi connectivity index (χ3v) is 5.44. The summed E-state index contributed by atoms with van der Waals surface area (Å²) in [7, 11) is -3.92. The number of hydrogen-bond donors (Lipinski definition) is 1. The summed E-state index contributed by atoms with van der Waals surface area (Å²) < 4.78 is 37.3. The standard InChI is InChI=1S/C16H24N2O6S/c1-5-11-6-7-13(23-11)14(19)17-25(21,22)12-8-9-18(10-12)15(20)24-16(2,3)4/h6-7,12H,5,8-10H2,1-4H3,(H,17,19)/t12-/m1/s1. The van der Waals surface area contributed by atoms with Crippen molar-refractivity contribution < 1.29 is 27.2 Å². The van der Waals surface area contributed by atoms with E-state index in [1.807, 2.05) is 11.6 Å². The SMILES string of the molecule is CCc1ccc(C(=O)NS(=O)(=O)[C@@H]2CCN(C(=O)OC(C)(C)C)C2)o1. The molecule has 0 saturated carbocycles. The molecule has 1 aliphatic rings. The van der Waals surface area contributed by atoms with Gasteiger partial charge < -0.3 is 14.1 Å². The van der Waals surface area contributed by atoms with Gasteiger partial charge in [-0.05, 0) is 39.3 Å². The molecule has 1 aromatic rings. The number of rotatable bonds is 4. The first-order valence-corrected chi connectivity index (χ1v) is 9.69. The Bertz CT molecular complexity index is 747. The summed E-state index contributed by atoms with van der Waals surface area (Å²) in [6.07, 6.45) is 0.281. The maximum absolute atomic E-state index is 12.4. The largest absolute Gasteiger partial charge is 0.456 e. The molecule has 25 heavy (non-hydrogen) atoms. The second-order valence-electron chi connectivity index (χ2n) is 6.93. The number of carbonyl (C=O) groups is 2. The fourth-order valence-corrected chi connectivity index (χ4v) is 3.74. The second kappa shape index (κ2) is 7.07. The molecule has 1 saturated heterocycles. The van der Waals surface area contributed by atoms with Gasteiger partial charge in [-0.3, -0.25) is 4.79 Å². The van der Waals surface area contributed by atoms with Gasteiger partial charge >= 0.3 is 6.09 Å². The Labute approximate surface area is 147 Å². The van der Waals surface area contributed by atoms with Crippen LogP contribution in [0.25, 0.3) is 0 Å². The summed E-state index contributed by atoms with van der Waals surface area (Å²) in [6, 6.07) is 3.06. The molecule has 140 valence electrons. The normalized spacial score (nSPS) is 18.2. The molecule has 2 heterocycles. The minimum absolute atomic E-state index is 0.0180. The van der Waals surface area contributed by atoms with Crippen molar-refractivity contribution in [1.29, 1.82) is 0 Å². The van der Waals surface area contributed by atoms with E-state index in [-0.39, 0.29) is 25.3 Å². The fourth-order valence-electron chi connectivity index (χ4n) is 2.43. The van der Waals surface area contributed by atoms with Crippen LogP contribution in [0.5, 0.6) is 0 Å². The molecule has 9 heteroatoms. The summed E-state index contributed by atoms with van der Waals surface area (Å²) in [5, 5.41) is -0.871. The molecule has 0 radical (unpaired) electrons. The van der Waals surface area contributed by atoms with Crippen molar-refractivity contribution in [2.45, 2.75) is 51.4 Å². The Hall–Kier alpha value is -2.03. The molecule has 1 aliphatic heterocycles. The number of sulfonamides is 1. The van der Waals surface area contributed by atoms with E-state index >= 15 is 0 Å². The average Bonchev–Trinajstić information content (AvgIpc) is 3.15. The van der Waals surface area contributed by atoms with Gasteiger partial charge in [0.05, 0.1) is 5.25 Å². The Morgan fingerprint density at radius 1 is 1.36 bits per heavy atom. The molecule has 2 amide bonds. The van der Waals surface area contributed by atoms with Gasteiger partial charge in [0.2, 0.25) is 10.0 Å². The Morgan fingerprint density at radius 2 is 2.04 bits per heavy atom. The fraction of sp³-hybridized carbons (Fsp3) is 0.625. The minimum Gasteiger partial charge on any atom is -0.456 e. The number of carbonyl (C=O) groups excluding carboxylic acids is 2. The van der Waals surface area contributed by atoms with Gasteiger partial charge in [-0.15, -0.1) is 0 Å². The van der Waals surface area contributed by atoms with Gasteiger partial charge in [0.25, 0.3) is 5.91 Å². The molecule has 1 N–H and O–H groups in total. The molecule has 0 aliphatic carbocycles. The number of nitrogens with zero attached hydrogens (tertiary/aromatic N) is 1. The number of likely N-dealkylation sites (tertiary alicyclic amines) is 1. The zero-order valence-electron chi connectivity index (χ0n) is 14.9. The molecular formula is C16H24N2O6S. The summed E-state index contributed by atoms with van der Waals surface area (Å²) in [5.74, 6) is -0.266. The number of nitrogens with one attached hydrogen (secondary N) is 1. The van der Waals surface area contributed by atoms with Crippen LogP contribution >= 0.6 is 0 Å². The van der Waals surface area contributed by atoms with Gasteiger partial charge in [-0.25, -0.2) is 17.9 Å². The maximum Gasteiger partial charge on any atom is 0.410 e. The first-order valence-electron chi connectivity index (χ1n) is 8.14. The van der Waals surface area contributed by atoms with E-state index in [0.717, 1.165) is 0 Å². The first-order chi connectivity index (χ1) is 11.5. The van der Waals surface area contributed by atoms with Gasteiger partial charge in [0.1, 0.15) is 11.4 Å². The van der Waals surface area contributed by atoms with E-state index < -0.39 is 32.9 Å². The van der Waals surface area contributed by atoms with Gasteiger partial charge in [-0.1, -0.05) is 6.92 Å². The van der Waals surface area contributed by atoms with Crippen LogP contribution in [0.2, 0.25) is 0 Å². The number of furan rings is 1. The van der Waals surface area contributed by atoms with Crippen molar-refractivity contribution in [1.82, 2.24) is 9.62 Å². The number of amides is 2. The topological polar surface area (TPSA) is 106 Å². The first kappa shape index (κ1) is 19.3. The lowest BCUT2D eigenvalue weighted by atomic mass is 10.2. The van der Waals surface area contributed by atoms with Gasteiger partial charge in [0.15, 0.2) is 5.76 Å². The summed E-state index contributed by atoms with van der Waals surface area (Å²) in [4.78, 5) is 25.4. The van der Waals surface area contributed by atoms with Crippen LogP contribution < -0.4 is 4.72 Å². The Morgan fingerprint density at radius 3 is 2.60 bits per heavy atom. The van der Waals surface area contributed by atoms with Crippen molar-refractivity contribution in [3.8, 4) is 0 Å². The molecule has 0 bridgehead atoms. The number of hydrogen-bond acceptors (Lipinski definition) is 6. The lowest BCUT2D eigenvalue weighted by Gasteiger charge is -2.24. The molecule has 1 fully saturated rings. The van der Waals surface area contributed by atoms with E-state index in [1.165, 1.54) is 11.0 Å². The highest BCUT2D eigenvalue weighted by molar-refractivity contribution is 7.90. The smallest absolute Gasteiger partial charge is 0.410 e. The molecule has 0 unspecified atom stereocenters. The van der Waals surface area contributed by atoms with Gasteiger partial charge in [-0.2, -0.15) is 0 Å². The summed E-state index contributed by atoms with van der Waals surface area (Å²) in [6.45, 7) is 7.32. The van der Waals surface area contributed by atoms with Gasteiger partial charge in [0, 0.05) is 19.5 Å². The minimum atomic E-state index is -3.92. The van der Waals surface area contributed by atoms with Crippen LogP contribution in [0.3, 0.4) is 0 Å². The van der Waals surface area contributed by atoms with E-state index in [0.29, 0.717) is 12.2 Å². The molecule has 2 rings (SSSR count). The summed E-state index contributed by atoms with van der Waals surface area (Å²) >= 11 is 0. The van der Waals surface area contributed by atoms with Crippen LogP contribution in [0, 0.1) is 0 Å². The Kier molecular flexibility index (Phi) is 5.46. The molecule has 1 aromatic heterocycles. The molecule has 1 atom stereocenters. The molecular weight excluding hydrogens is 348 g/mol. The van der Waals surface area contributed by atoms with Crippen molar-refractivity contribution in [2.75, 3.05) is 13.1 Å². The Balaban J connectivity index is 1.98. The van der Waals surface area contributed by atoms with E-state index in [4.69, 9.17) is 9.15 Å². The average molecular weight is 372 g/mol. The van der Waals surface area contributed by atoms with Crippen molar-refractivity contribution >= 4 is 22.0 Å². The zero-order chi connectivity index (χ0) is 18.8. The summed E-state index contributed by atoms with van der Waals surface area (Å²) in [5.41, 5.74) is -0.654. The monoisotopic (exact) mass is 372 g/mol. The predicted octanol–water partition coefficient (Wildman–Crippen LogP) is 1.91. The third kappa shape index (κ3) is 4.97. The van der Waals surface area contributed by atoms with E-state index in [1.54, 1.807) is 26.8 Å². The second-order valence-corrected chi connectivity index (χ2v) is 8.89. The molecule has 0 spiro atoms. The van der Waals surface area contributed by atoms with Crippen molar-refractivity contribution in [3.63, 3.8) is 0 Å². The highest BCUT2D eigenvalue weighted by Gasteiger charge is 2.38. The van der Waals surface area contributed by atoms with Crippen LogP contribution in [0.1, 0.15) is 50.4 Å². The molecule has 8 nitrogen and oxygen atoms in total. The lowest BCUT2D eigenvalue weighted by Crippen LogP contribution is -2.41. The van der Waals surface area contributed by atoms with Crippen LogP contribution in [0.15, 0.2) is 16.5 Å². The van der Waals surface area contributed by atoms with Crippen molar-refractivity contribution in [3.05, 3.63) is 23.7 Å². The highest BCUT2D eigenvalue weighted by Crippen LogP contribution is 2.20. The van der Waals surface area contributed by atoms with Crippen LogP contribution in [-0.4, -0.2) is 49.3 Å². The van der Waals surface area contributed by atoms with Crippen LogP contribution in [-0.2, 0) is 21.2 Å². The highest BCUT2D eigenvalue weighted by atomic mass is 32.2. The van der Waals surface area contributed by atoms with E-state index in [9.17, 15) is 18.0 Å².